The molecule has 0 amide bonds. The molecule has 0 spiro atoms. The zero-order chi connectivity index (χ0) is 10.7. The van der Waals surface area contributed by atoms with Gasteiger partial charge in [0.05, 0.1) is 5.69 Å². The van der Waals surface area contributed by atoms with Crippen molar-refractivity contribution in [2.24, 2.45) is 0 Å². The second-order valence-corrected chi connectivity index (χ2v) is 3.70. The molecule has 0 saturated heterocycles. The van der Waals surface area contributed by atoms with Crippen LogP contribution in [0.5, 0.6) is 0 Å². The minimum Gasteiger partial charge on any atom is -0.219 e. The number of hydrogen-bond donors (Lipinski definition) is 0. The average Bonchev–Trinajstić information content (AvgIpc) is 2.30. The molecule has 3 heteroatoms. The topological polar surface area (TPSA) is 12.9 Å². The zero-order valence-electron chi connectivity index (χ0n) is 7.95. The Balaban J connectivity index is 2.56. The van der Waals surface area contributed by atoms with E-state index >= 15 is 0 Å². The molecule has 0 aliphatic heterocycles. The van der Waals surface area contributed by atoms with Gasteiger partial charge in [-0.25, -0.2) is 4.98 Å². The monoisotopic (exact) mass is 265 g/mol. The van der Waals surface area contributed by atoms with Crippen molar-refractivity contribution >= 4 is 15.9 Å². The normalized spacial score (nSPS) is 10.3. The third kappa shape index (κ3) is 2.23. The van der Waals surface area contributed by atoms with Gasteiger partial charge in [0.2, 0.25) is 5.95 Å². The van der Waals surface area contributed by atoms with Gasteiger partial charge in [-0.1, -0.05) is 52.3 Å². The predicted molar refractivity (Wildman–Crippen MR) is 62.3 cm³/mol. The van der Waals surface area contributed by atoms with Crippen LogP contribution in [0.25, 0.3) is 11.3 Å². The largest absolute Gasteiger partial charge is 0.219 e. The van der Waals surface area contributed by atoms with Crippen LogP contribution in [0.3, 0.4) is 0 Å². The lowest BCUT2D eigenvalue weighted by Gasteiger charge is -2.05. The number of nitrogens with zero attached hydrogens (tertiary/aromatic N) is 1. The van der Waals surface area contributed by atoms with Crippen molar-refractivity contribution in [2.45, 2.75) is 5.33 Å². The van der Waals surface area contributed by atoms with Crippen molar-refractivity contribution in [1.29, 1.82) is 0 Å². The molecule has 1 nitrogen and oxygen atoms in total. The number of halogens is 2. The number of benzene rings is 1. The van der Waals surface area contributed by atoms with Gasteiger partial charge in [0, 0.05) is 10.9 Å². The van der Waals surface area contributed by atoms with Crippen LogP contribution in [0.2, 0.25) is 0 Å². The van der Waals surface area contributed by atoms with Crippen LogP contribution in [0, 0.1) is 5.95 Å². The van der Waals surface area contributed by atoms with E-state index in [0.29, 0.717) is 11.0 Å². The number of hydrogen-bond acceptors (Lipinski definition) is 1. The molecule has 2 rings (SSSR count). The summed E-state index contributed by atoms with van der Waals surface area (Å²) in [4.78, 5) is 3.92. The van der Waals surface area contributed by atoms with Gasteiger partial charge in [0.15, 0.2) is 0 Å². The van der Waals surface area contributed by atoms with Gasteiger partial charge in [0.25, 0.3) is 0 Å². The fourth-order valence-corrected chi connectivity index (χ4v) is 1.87. The van der Waals surface area contributed by atoms with Crippen molar-refractivity contribution < 1.29 is 4.39 Å². The molecule has 0 N–H and O–H groups in total. The first-order chi connectivity index (χ1) is 7.31. The summed E-state index contributed by atoms with van der Waals surface area (Å²) in [6.07, 6.45) is 0. The van der Waals surface area contributed by atoms with Crippen molar-refractivity contribution in [2.75, 3.05) is 0 Å². The maximum atomic E-state index is 13.0. The molecule has 1 heterocycles. The van der Waals surface area contributed by atoms with Gasteiger partial charge >= 0.3 is 0 Å². The van der Waals surface area contributed by atoms with E-state index in [9.17, 15) is 4.39 Å². The van der Waals surface area contributed by atoms with Crippen molar-refractivity contribution in [3.8, 4) is 11.3 Å². The molecule has 0 atom stereocenters. The van der Waals surface area contributed by atoms with E-state index in [1.54, 1.807) is 6.07 Å². The molecule has 0 aliphatic carbocycles. The van der Waals surface area contributed by atoms with Crippen LogP contribution < -0.4 is 0 Å². The standard InChI is InChI=1S/C12H9BrFN/c13-8-10-6-7-11(14)15-12(10)9-4-2-1-3-5-9/h1-7H,8H2. The fraction of sp³-hybridized carbons (Fsp3) is 0.0833. The summed E-state index contributed by atoms with van der Waals surface area (Å²) in [5.74, 6) is -0.446. The Labute approximate surface area is 96.1 Å². The molecule has 76 valence electrons. The Morgan fingerprint density at radius 1 is 1.07 bits per heavy atom. The van der Waals surface area contributed by atoms with Crippen molar-refractivity contribution in [3.63, 3.8) is 0 Å². The first-order valence-electron chi connectivity index (χ1n) is 4.58. The second-order valence-electron chi connectivity index (χ2n) is 3.14. The Hall–Kier alpha value is -1.22. The molecule has 0 fully saturated rings. The van der Waals surface area contributed by atoms with Gasteiger partial charge in [0.1, 0.15) is 0 Å². The Kier molecular flexibility index (Phi) is 3.11. The lowest BCUT2D eigenvalue weighted by molar-refractivity contribution is 0.584. The first kappa shape index (κ1) is 10.3. The quantitative estimate of drug-likeness (QED) is 0.595. The van der Waals surface area contributed by atoms with Gasteiger partial charge in [-0.2, -0.15) is 4.39 Å². The molecule has 1 aromatic heterocycles. The summed E-state index contributed by atoms with van der Waals surface area (Å²) in [7, 11) is 0. The molecule has 15 heavy (non-hydrogen) atoms. The summed E-state index contributed by atoms with van der Waals surface area (Å²) in [5.41, 5.74) is 2.63. The van der Waals surface area contributed by atoms with E-state index in [1.807, 2.05) is 30.3 Å². The molecule has 0 saturated carbocycles. The van der Waals surface area contributed by atoms with Gasteiger partial charge in [-0.3, -0.25) is 0 Å². The van der Waals surface area contributed by atoms with Crippen molar-refractivity contribution in [1.82, 2.24) is 4.98 Å². The molecule has 0 unspecified atom stereocenters. The van der Waals surface area contributed by atoms with E-state index in [1.165, 1.54) is 6.07 Å². The summed E-state index contributed by atoms with van der Waals surface area (Å²) < 4.78 is 13.0. The van der Waals surface area contributed by atoms with E-state index in [0.717, 1.165) is 11.1 Å². The first-order valence-corrected chi connectivity index (χ1v) is 5.70. The SMILES string of the molecule is Fc1ccc(CBr)c(-c2ccccc2)n1. The highest BCUT2D eigenvalue weighted by Crippen LogP contribution is 2.23. The third-order valence-electron chi connectivity index (χ3n) is 2.14. The van der Waals surface area contributed by atoms with Crippen LogP contribution in [0.1, 0.15) is 5.56 Å². The predicted octanol–water partition coefficient (Wildman–Crippen LogP) is 3.78. The molecule has 0 radical (unpaired) electrons. The van der Waals surface area contributed by atoms with Gasteiger partial charge < -0.3 is 0 Å². The molecule has 0 bridgehead atoms. The number of rotatable bonds is 2. The maximum Gasteiger partial charge on any atom is 0.213 e. The minimum absolute atomic E-state index is 0.446. The van der Waals surface area contributed by atoms with Crippen LogP contribution in [0.15, 0.2) is 42.5 Å². The van der Waals surface area contributed by atoms with Gasteiger partial charge in [-0.15, -0.1) is 0 Å². The molecule has 0 aliphatic rings. The lowest BCUT2D eigenvalue weighted by atomic mass is 10.1. The van der Waals surface area contributed by atoms with E-state index in [2.05, 4.69) is 20.9 Å². The van der Waals surface area contributed by atoms with Crippen LogP contribution in [-0.2, 0) is 5.33 Å². The Bertz CT molecular complexity index is 456. The van der Waals surface area contributed by atoms with Gasteiger partial charge in [-0.05, 0) is 11.6 Å². The fourth-order valence-electron chi connectivity index (χ4n) is 1.42. The average molecular weight is 266 g/mol. The minimum atomic E-state index is -0.446. The Morgan fingerprint density at radius 2 is 1.80 bits per heavy atom. The highest BCUT2D eigenvalue weighted by atomic mass is 79.9. The van der Waals surface area contributed by atoms with Crippen molar-refractivity contribution in [3.05, 3.63) is 54.0 Å². The summed E-state index contributed by atoms with van der Waals surface area (Å²) >= 11 is 3.37. The second kappa shape index (κ2) is 4.53. The number of pyridine rings is 1. The van der Waals surface area contributed by atoms with Crippen LogP contribution in [0.4, 0.5) is 4.39 Å². The molecular formula is C12H9BrFN. The molecular weight excluding hydrogens is 257 g/mol. The number of aromatic nitrogens is 1. The smallest absolute Gasteiger partial charge is 0.213 e. The Morgan fingerprint density at radius 3 is 2.47 bits per heavy atom. The third-order valence-corrected chi connectivity index (χ3v) is 2.74. The molecule has 2 aromatic rings. The number of alkyl halides is 1. The zero-order valence-corrected chi connectivity index (χ0v) is 9.54. The highest BCUT2D eigenvalue weighted by Gasteiger charge is 2.06. The lowest BCUT2D eigenvalue weighted by Crippen LogP contribution is -1.93. The van der Waals surface area contributed by atoms with Crippen LogP contribution >= 0.6 is 15.9 Å². The summed E-state index contributed by atoms with van der Waals surface area (Å²) in [5, 5.41) is 0.671. The maximum absolute atomic E-state index is 13.0. The van der Waals surface area contributed by atoms with Crippen LogP contribution in [-0.4, -0.2) is 4.98 Å². The van der Waals surface area contributed by atoms with E-state index < -0.39 is 5.95 Å². The highest BCUT2D eigenvalue weighted by molar-refractivity contribution is 9.08. The van der Waals surface area contributed by atoms with E-state index in [4.69, 9.17) is 0 Å². The summed E-state index contributed by atoms with van der Waals surface area (Å²) in [6, 6.07) is 12.7. The molecule has 1 aromatic carbocycles. The summed E-state index contributed by atoms with van der Waals surface area (Å²) in [6.45, 7) is 0. The van der Waals surface area contributed by atoms with E-state index in [-0.39, 0.29) is 0 Å².